The molecule has 0 heterocycles. The van der Waals surface area contributed by atoms with Gasteiger partial charge in [-0.1, -0.05) is 25.3 Å². The Kier molecular flexibility index (Phi) is 6.28. The number of carbonyl (C=O) groups excluding carboxylic acids is 2. The van der Waals surface area contributed by atoms with Gasteiger partial charge in [-0.2, -0.15) is 0 Å². The van der Waals surface area contributed by atoms with Crippen LogP contribution in [0.3, 0.4) is 0 Å². The molecule has 2 rings (SSSR count). The lowest BCUT2D eigenvalue weighted by atomic mass is 9.84. The van der Waals surface area contributed by atoms with E-state index in [2.05, 4.69) is 5.32 Å². The molecule has 1 aliphatic carbocycles. The molecule has 0 unspecified atom stereocenters. The van der Waals surface area contributed by atoms with Crippen molar-refractivity contribution in [3.8, 4) is 0 Å². The molecule has 24 heavy (non-hydrogen) atoms. The number of hydrogen-bond donors (Lipinski definition) is 2. The summed E-state index contributed by atoms with van der Waals surface area (Å²) in [6.45, 7) is 0.233. The van der Waals surface area contributed by atoms with Gasteiger partial charge in [0.25, 0.3) is 5.69 Å². The quantitative estimate of drug-likeness (QED) is 0.560. The fourth-order valence-electron chi connectivity index (χ4n) is 3.08. The molecular formula is C17H23N3O4. The summed E-state index contributed by atoms with van der Waals surface area (Å²) in [5.41, 5.74) is 5.94. The van der Waals surface area contributed by atoms with Crippen LogP contribution in [0.25, 0.3) is 0 Å². The van der Waals surface area contributed by atoms with Gasteiger partial charge in [-0.25, -0.2) is 0 Å². The molecule has 1 aromatic carbocycles. The van der Waals surface area contributed by atoms with E-state index in [9.17, 15) is 19.7 Å². The number of nitrogens with zero attached hydrogens (tertiary/aromatic N) is 1. The first-order chi connectivity index (χ1) is 11.5. The zero-order valence-electron chi connectivity index (χ0n) is 13.6. The third-order valence-electron chi connectivity index (χ3n) is 4.38. The molecule has 0 atom stereocenters. The number of hydrogen-bond acceptors (Lipinski definition) is 5. The van der Waals surface area contributed by atoms with E-state index in [1.54, 1.807) is 12.1 Å². The fraction of sp³-hybridized carbons (Fsp3) is 0.529. The van der Waals surface area contributed by atoms with Crippen LogP contribution in [-0.4, -0.2) is 23.2 Å². The Morgan fingerprint density at radius 2 is 1.96 bits per heavy atom. The molecule has 7 heteroatoms. The van der Waals surface area contributed by atoms with Crippen molar-refractivity contribution in [2.24, 2.45) is 11.7 Å². The average Bonchev–Trinajstić information content (AvgIpc) is 2.56. The molecule has 1 aromatic rings. The Balaban J connectivity index is 2.05. The number of amides is 1. The van der Waals surface area contributed by atoms with Gasteiger partial charge in [0.2, 0.25) is 5.91 Å². The second kappa shape index (κ2) is 8.42. The lowest BCUT2D eigenvalue weighted by Crippen LogP contribution is -2.19. The summed E-state index contributed by atoms with van der Waals surface area (Å²) < 4.78 is 0. The Morgan fingerprint density at radius 1 is 1.25 bits per heavy atom. The maximum atomic E-state index is 12.3. The van der Waals surface area contributed by atoms with E-state index in [-0.39, 0.29) is 36.8 Å². The first-order valence-electron chi connectivity index (χ1n) is 8.29. The zero-order chi connectivity index (χ0) is 17.5. The van der Waals surface area contributed by atoms with E-state index in [1.165, 1.54) is 12.5 Å². The first-order valence-corrected chi connectivity index (χ1v) is 8.29. The predicted octanol–water partition coefficient (Wildman–Crippen LogP) is 2.57. The molecule has 1 aliphatic rings. The summed E-state index contributed by atoms with van der Waals surface area (Å²) in [6.07, 6.45) is 5.52. The van der Waals surface area contributed by atoms with Crippen molar-refractivity contribution >= 4 is 23.1 Å². The van der Waals surface area contributed by atoms with Gasteiger partial charge in [-0.15, -0.1) is 0 Å². The molecule has 1 amide bonds. The number of nitro benzene ring substituents is 1. The van der Waals surface area contributed by atoms with E-state index in [1.807, 2.05) is 0 Å². The Labute approximate surface area is 140 Å². The van der Waals surface area contributed by atoms with Crippen molar-refractivity contribution in [3.05, 3.63) is 33.9 Å². The Hall–Kier alpha value is -2.44. The standard InChI is InChI=1S/C17H23N3O4/c18-17(22)8-9-19-14-7-6-12(10-15(14)20(23)24)11-16(21)13-4-2-1-3-5-13/h6-7,10,13,19H,1-5,8-9,11H2,(H2,18,22). The minimum absolute atomic E-state index is 0.0891. The SMILES string of the molecule is NC(=O)CCNc1ccc(CC(=O)C2CCCCC2)cc1[N+](=O)[O-]. The van der Waals surface area contributed by atoms with Gasteiger partial charge in [0.05, 0.1) is 4.92 Å². The number of rotatable bonds is 8. The number of Topliss-reactive ketones (excluding diaryl/α,β-unsaturated/α-hetero) is 1. The van der Waals surface area contributed by atoms with Gasteiger partial charge >= 0.3 is 0 Å². The predicted molar refractivity (Wildman–Crippen MR) is 90.7 cm³/mol. The highest BCUT2D eigenvalue weighted by Gasteiger charge is 2.22. The highest BCUT2D eigenvalue weighted by Crippen LogP contribution is 2.28. The van der Waals surface area contributed by atoms with Crippen LogP contribution in [0.4, 0.5) is 11.4 Å². The van der Waals surface area contributed by atoms with Crippen molar-refractivity contribution in [1.29, 1.82) is 0 Å². The van der Waals surface area contributed by atoms with E-state index < -0.39 is 10.8 Å². The molecule has 0 aromatic heterocycles. The molecule has 3 N–H and O–H groups in total. The number of benzene rings is 1. The summed E-state index contributed by atoms with van der Waals surface area (Å²) in [6, 6.07) is 4.75. The molecule has 0 aliphatic heterocycles. The van der Waals surface area contributed by atoms with Crippen molar-refractivity contribution < 1.29 is 14.5 Å². The zero-order valence-corrected chi connectivity index (χ0v) is 13.6. The van der Waals surface area contributed by atoms with Gasteiger partial charge in [0, 0.05) is 31.4 Å². The van der Waals surface area contributed by atoms with Crippen LogP contribution in [-0.2, 0) is 16.0 Å². The number of ketones is 1. The molecule has 0 bridgehead atoms. The largest absolute Gasteiger partial charge is 0.379 e. The number of nitrogens with two attached hydrogens (primary N) is 1. The Morgan fingerprint density at radius 3 is 2.58 bits per heavy atom. The molecule has 0 radical (unpaired) electrons. The lowest BCUT2D eigenvalue weighted by molar-refractivity contribution is -0.384. The van der Waals surface area contributed by atoms with Crippen molar-refractivity contribution in [2.45, 2.75) is 44.9 Å². The molecule has 0 spiro atoms. The summed E-state index contributed by atoms with van der Waals surface area (Å²) in [5.74, 6) is -0.218. The smallest absolute Gasteiger partial charge is 0.292 e. The second-order valence-corrected chi connectivity index (χ2v) is 6.23. The van der Waals surface area contributed by atoms with E-state index >= 15 is 0 Å². The number of nitro groups is 1. The summed E-state index contributed by atoms with van der Waals surface area (Å²) in [5, 5.41) is 14.1. The molecular weight excluding hydrogens is 310 g/mol. The number of carbonyl (C=O) groups is 2. The third kappa shape index (κ3) is 5.04. The highest BCUT2D eigenvalue weighted by atomic mass is 16.6. The number of primary amides is 1. The molecule has 1 fully saturated rings. The van der Waals surface area contributed by atoms with Gasteiger partial charge in [0.1, 0.15) is 11.5 Å². The van der Waals surface area contributed by atoms with Crippen LogP contribution in [0.2, 0.25) is 0 Å². The topological polar surface area (TPSA) is 115 Å². The minimum Gasteiger partial charge on any atom is -0.379 e. The highest BCUT2D eigenvalue weighted by molar-refractivity contribution is 5.84. The number of anilines is 1. The molecule has 7 nitrogen and oxygen atoms in total. The minimum atomic E-state index is -0.485. The number of nitrogens with one attached hydrogen (secondary N) is 1. The van der Waals surface area contributed by atoms with E-state index in [0.717, 1.165) is 25.7 Å². The molecule has 0 saturated heterocycles. The van der Waals surface area contributed by atoms with E-state index in [0.29, 0.717) is 11.3 Å². The van der Waals surface area contributed by atoms with Gasteiger partial charge < -0.3 is 11.1 Å². The normalized spacial score (nSPS) is 15.0. The fourth-order valence-corrected chi connectivity index (χ4v) is 3.08. The van der Waals surface area contributed by atoms with Crippen molar-refractivity contribution in [2.75, 3.05) is 11.9 Å². The summed E-state index contributed by atoms with van der Waals surface area (Å²) in [7, 11) is 0. The van der Waals surface area contributed by atoms with Gasteiger partial charge in [0.15, 0.2) is 0 Å². The summed E-state index contributed by atoms with van der Waals surface area (Å²) >= 11 is 0. The lowest BCUT2D eigenvalue weighted by Gasteiger charge is -2.20. The van der Waals surface area contributed by atoms with Crippen molar-refractivity contribution in [1.82, 2.24) is 0 Å². The van der Waals surface area contributed by atoms with Crippen LogP contribution in [0.1, 0.15) is 44.1 Å². The average molecular weight is 333 g/mol. The van der Waals surface area contributed by atoms with Crippen LogP contribution < -0.4 is 11.1 Å². The van der Waals surface area contributed by atoms with Crippen LogP contribution in [0.5, 0.6) is 0 Å². The summed E-state index contributed by atoms with van der Waals surface area (Å²) in [4.78, 5) is 33.9. The first kappa shape index (κ1) is 17.9. The van der Waals surface area contributed by atoms with Crippen LogP contribution in [0.15, 0.2) is 18.2 Å². The Bertz CT molecular complexity index is 624. The second-order valence-electron chi connectivity index (χ2n) is 6.23. The molecule has 130 valence electrons. The van der Waals surface area contributed by atoms with Gasteiger partial charge in [-0.3, -0.25) is 19.7 Å². The van der Waals surface area contributed by atoms with E-state index in [4.69, 9.17) is 5.73 Å². The third-order valence-corrected chi connectivity index (χ3v) is 4.38. The maximum Gasteiger partial charge on any atom is 0.292 e. The van der Waals surface area contributed by atoms with Gasteiger partial charge in [-0.05, 0) is 24.5 Å². The van der Waals surface area contributed by atoms with Crippen LogP contribution >= 0.6 is 0 Å². The van der Waals surface area contributed by atoms with Crippen LogP contribution in [0, 0.1) is 16.0 Å². The van der Waals surface area contributed by atoms with Crippen molar-refractivity contribution in [3.63, 3.8) is 0 Å². The maximum absolute atomic E-state index is 12.3. The molecule has 1 saturated carbocycles. The monoisotopic (exact) mass is 333 g/mol.